The van der Waals surface area contributed by atoms with Gasteiger partial charge in [0.15, 0.2) is 0 Å². The largest absolute Gasteiger partial charge is 0.383 e. The lowest BCUT2D eigenvalue weighted by molar-refractivity contribution is 0.173. The molecule has 0 bridgehead atoms. The first-order chi connectivity index (χ1) is 6.61. The normalized spacial score (nSPS) is 10.5. The molecule has 0 saturated heterocycles. The zero-order valence-electron chi connectivity index (χ0n) is 9.42. The van der Waals surface area contributed by atoms with E-state index in [2.05, 4.69) is 18.2 Å². The van der Waals surface area contributed by atoms with Gasteiger partial charge in [-0.25, -0.2) is 4.99 Å². The predicted molar refractivity (Wildman–Crippen MR) is 61.6 cm³/mol. The Morgan fingerprint density at radius 3 is 2.64 bits per heavy atom. The van der Waals surface area contributed by atoms with Crippen molar-refractivity contribution in [1.29, 1.82) is 0 Å². The third kappa shape index (κ3) is 5.54. The lowest BCUT2D eigenvalue weighted by Crippen LogP contribution is -2.20. The molecule has 0 N–H and O–H groups in total. The Balaban J connectivity index is 3.94. The molecule has 0 saturated carbocycles. The van der Waals surface area contributed by atoms with E-state index >= 15 is 0 Å². The van der Waals surface area contributed by atoms with Gasteiger partial charge in [-0.2, -0.15) is 0 Å². The highest BCUT2D eigenvalue weighted by Gasteiger charge is 1.98. The first kappa shape index (κ1) is 12.9. The second-order valence-corrected chi connectivity index (χ2v) is 3.10. The van der Waals surface area contributed by atoms with E-state index in [1.165, 1.54) is 0 Å². The smallest absolute Gasteiger partial charge is 0.121 e. The Morgan fingerprint density at radius 2 is 2.14 bits per heavy atom. The van der Waals surface area contributed by atoms with Gasteiger partial charge < -0.3 is 9.64 Å². The highest BCUT2D eigenvalue weighted by molar-refractivity contribution is 5.78. The number of allylic oxidation sites excluding steroid dienone is 1. The molecule has 3 heteroatoms. The van der Waals surface area contributed by atoms with Gasteiger partial charge in [-0.3, -0.25) is 0 Å². The lowest BCUT2D eigenvalue weighted by atomic mass is 10.3. The summed E-state index contributed by atoms with van der Waals surface area (Å²) in [5.41, 5.74) is 1.01. The van der Waals surface area contributed by atoms with Crippen LogP contribution in [0.3, 0.4) is 0 Å². The minimum Gasteiger partial charge on any atom is -0.383 e. The summed E-state index contributed by atoms with van der Waals surface area (Å²) in [5, 5.41) is 0. The van der Waals surface area contributed by atoms with E-state index in [4.69, 9.17) is 4.74 Å². The Morgan fingerprint density at radius 1 is 1.50 bits per heavy atom. The first-order valence-corrected chi connectivity index (χ1v) is 4.72. The molecular weight excluding hydrogens is 176 g/mol. The van der Waals surface area contributed by atoms with Crippen LogP contribution in [0.4, 0.5) is 0 Å². The Hall–Kier alpha value is -1.09. The maximum absolute atomic E-state index is 4.96. The van der Waals surface area contributed by atoms with Gasteiger partial charge in [-0.1, -0.05) is 20.1 Å². The van der Waals surface area contributed by atoms with E-state index in [0.717, 1.165) is 24.4 Å². The molecule has 0 aromatic carbocycles. The van der Waals surface area contributed by atoms with Gasteiger partial charge in [0.05, 0.1) is 6.61 Å². The minimum absolute atomic E-state index is 0.680. The average molecular weight is 196 g/mol. The standard InChI is InChI=1S/C11H20N2O/c1-6-10(2)9-12-11(3)13(4)7-8-14-5/h9H,2-3,6-8H2,1,4-5H3/b12-9-. The molecule has 3 nitrogen and oxygen atoms in total. The summed E-state index contributed by atoms with van der Waals surface area (Å²) in [4.78, 5) is 6.15. The number of likely N-dealkylation sites (N-methyl/N-ethyl adjacent to an activating group) is 1. The SMILES string of the molecule is C=C(/C=N\C(=C)N(C)CCOC)CC. The number of ether oxygens (including phenoxy) is 1. The van der Waals surface area contributed by atoms with E-state index in [0.29, 0.717) is 6.61 Å². The fourth-order valence-corrected chi connectivity index (χ4v) is 0.713. The molecule has 0 aromatic rings. The third-order valence-electron chi connectivity index (χ3n) is 1.92. The second kappa shape index (κ2) is 7.33. The molecule has 0 rings (SSSR count). The molecule has 0 radical (unpaired) electrons. The van der Waals surface area contributed by atoms with Crippen LogP contribution in [0.15, 0.2) is 29.5 Å². The maximum atomic E-state index is 4.96. The third-order valence-corrected chi connectivity index (χ3v) is 1.92. The van der Waals surface area contributed by atoms with Crippen molar-refractivity contribution in [2.24, 2.45) is 4.99 Å². The van der Waals surface area contributed by atoms with Crippen molar-refractivity contribution in [3.05, 3.63) is 24.6 Å². The number of hydrogen-bond acceptors (Lipinski definition) is 3. The molecule has 0 aliphatic heterocycles. The molecule has 0 fully saturated rings. The molecule has 0 heterocycles. The van der Waals surface area contributed by atoms with E-state index in [-0.39, 0.29) is 0 Å². The molecule has 0 spiro atoms. The van der Waals surface area contributed by atoms with Crippen LogP contribution >= 0.6 is 0 Å². The number of aliphatic imine (C=N–C) groups is 1. The zero-order chi connectivity index (χ0) is 11.0. The lowest BCUT2D eigenvalue weighted by Gasteiger charge is -2.17. The fraction of sp³-hybridized carbons (Fsp3) is 0.545. The van der Waals surface area contributed by atoms with Crippen molar-refractivity contribution in [2.75, 3.05) is 27.3 Å². The summed E-state index contributed by atoms with van der Waals surface area (Å²) < 4.78 is 4.96. The molecule has 0 aromatic heterocycles. The molecule has 0 unspecified atom stereocenters. The quantitative estimate of drug-likeness (QED) is 0.582. The number of rotatable bonds is 7. The molecule has 0 aliphatic rings. The van der Waals surface area contributed by atoms with Crippen LogP contribution < -0.4 is 0 Å². The van der Waals surface area contributed by atoms with Crippen molar-refractivity contribution < 1.29 is 4.74 Å². The van der Waals surface area contributed by atoms with Crippen LogP contribution in [0.1, 0.15) is 13.3 Å². The van der Waals surface area contributed by atoms with E-state index < -0.39 is 0 Å². The first-order valence-electron chi connectivity index (χ1n) is 4.72. The highest BCUT2D eigenvalue weighted by Crippen LogP contribution is 2.00. The Bertz CT molecular complexity index is 221. The van der Waals surface area contributed by atoms with Crippen molar-refractivity contribution in [3.63, 3.8) is 0 Å². The number of hydrogen-bond donors (Lipinski definition) is 0. The average Bonchev–Trinajstić information content (AvgIpc) is 2.21. The van der Waals surface area contributed by atoms with Gasteiger partial charge in [0.1, 0.15) is 5.82 Å². The van der Waals surface area contributed by atoms with Crippen LogP contribution in [-0.4, -0.2) is 38.4 Å². The number of nitrogens with zero attached hydrogens (tertiary/aromatic N) is 2. The summed E-state index contributed by atoms with van der Waals surface area (Å²) in [6.45, 7) is 11.2. The fourth-order valence-electron chi connectivity index (χ4n) is 0.713. The second-order valence-electron chi connectivity index (χ2n) is 3.10. The van der Waals surface area contributed by atoms with Gasteiger partial charge in [0.2, 0.25) is 0 Å². The summed E-state index contributed by atoms with van der Waals surface area (Å²) in [7, 11) is 3.62. The van der Waals surface area contributed by atoms with Crippen LogP contribution in [0.5, 0.6) is 0 Å². The number of methoxy groups -OCH3 is 1. The van der Waals surface area contributed by atoms with Gasteiger partial charge in [-0.15, -0.1) is 0 Å². The topological polar surface area (TPSA) is 24.8 Å². The van der Waals surface area contributed by atoms with Crippen LogP contribution in [0.25, 0.3) is 0 Å². The summed E-state index contributed by atoms with van der Waals surface area (Å²) in [6, 6.07) is 0. The molecule has 14 heavy (non-hydrogen) atoms. The highest BCUT2D eigenvalue weighted by atomic mass is 16.5. The van der Waals surface area contributed by atoms with Gasteiger partial charge in [0.25, 0.3) is 0 Å². The molecule has 0 atom stereocenters. The van der Waals surface area contributed by atoms with Crippen molar-refractivity contribution >= 4 is 6.21 Å². The maximum Gasteiger partial charge on any atom is 0.121 e. The zero-order valence-corrected chi connectivity index (χ0v) is 9.42. The predicted octanol–water partition coefficient (Wildman–Crippen LogP) is 2.07. The summed E-state index contributed by atoms with van der Waals surface area (Å²) >= 11 is 0. The Labute approximate surface area is 86.8 Å². The van der Waals surface area contributed by atoms with Crippen LogP contribution in [0.2, 0.25) is 0 Å². The van der Waals surface area contributed by atoms with Gasteiger partial charge in [0, 0.05) is 26.9 Å². The minimum atomic E-state index is 0.680. The Kier molecular flexibility index (Phi) is 6.76. The van der Waals surface area contributed by atoms with Crippen LogP contribution in [0, 0.1) is 0 Å². The van der Waals surface area contributed by atoms with Gasteiger partial charge in [-0.05, 0) is 12.0 Å². The molecule has 0 amide bonds. The summed E-state index contributed by atoms with van der Waals surface area (Å²) in [5.74, 6) is 0.733. The monoisotopic (exact) mass is 196 g/mol. The van der Waals surface area contributed by atoms with Crippen LogP contribution in [-0.2, 0) is 4.74 Å². The van der Waals surface area contributed by atoms with E-state index in [1.54, 1.807) is 13.3 Å². The molecule has 0 aliphatic carbocycles. The van der Waals surface area contributed by atoms with Crippen molar-refractivity contribution in [1.82, 2.24) is 4.90 Å². The summed E-state index contributed by atoms with van der Waals surface area (Å²) in [6.07, 6.45) is 2.67. The van der Waals surface area contributed by atoms with Crippen molar-refractivity contribution in [2.45, 2.75) is 13.3 Å². The molecule has 80 valence electrons. The molecular formula is C11H20N2O. The van der Waals surface area contributed by atoms with E-state index in [1.807, 2.05) is 18.9 Å². The van der Waals surface area contributed by atoms with E-state index in [9.17, 15) is 0 Å². The van der Waals surface area contributed by atoms with Crippen molar-refractivity contribution in [3.8, 4) is 0 Å². The van der Waals surface area contributed by atoms with Gasteiger partial charge >= 0.3 is 0 Å².